The van der Waals surface area contributed by atoms with Gasteiger partial charge >= 0.3 is 0 Å². The first-order valence-corrected chi connectivity index (χ1v) is 8.60. The fourth-order valence-corrected chi connectivity index (χ4v) is 3.38. The Balaban J connectivity index is 1.56. The van der Waals surface area contributed by atoms with Crippen molar-refractivity contribution in [2.75, 3.05) is 5.75 Å². The molecule has 0 aliphatic heterocycles. The SMILES string of the molecule is C[C@H](NC(=O)CSc1ncn[nH]1)c1ccc2c(c1)CCCC2. The fraction of sp³-hybridized carbons (Fsp3) is 0.438. The lowest BCUT2D eigenvalue weighted by Gasteiger charge is -2.20. The summed E-state index contributed by atoms with van der Waals surface area (Å²) < 4.78 is 0. The molecule has 0 spiro atoms. The summed E-state index contributed by atoms with van der Waals surface area (Å²) in [4.78, 5) is 16.0. The zero-order valence-corrected chi connectivity index (χ0v) is 13.4. The molecule has 0 saturated carbocycles. The quantitative estimate of drug-likeness (QED) is 0.832. The molecule has 1 aromatic carbocycles. The number of rotatable bonds is 5. The zero-order chi connectivity index (χ0) is 15.4. The Labute approximate surface area is 134 Å². The molecule has 5 nitrogen and oxygen atoms in total. The van der Waals surface area contributed by atoms with Gasteiger partial charge in [0, 0.05) is 0 Å². The number of carbonyl (C=O) groups is 1. The first kappa shape index (κ1) is 15.1. The highest BCUT2D eigenvalue weighted by Gasteiger charge is 2.14. The van der Waals surface area contributed by atoms with Crippen molar-refractivity contribution < 1.29 is 4.79 Å². The Morgan fingerprint density at radius 1 is 1.36 bits per heavy atom. The van der Waals surface area contributed by atoms with Crippen molar-refractivity contribution in [3.05, 3.63) is 41.2 Å². The van der Waals surface area contributed by atoms with Gasteiger partial charge < -0.3 is 5.32 Å². The summed E-state index contributed by atoms with van der Waals surface area (Å²) in [5, 5.41) is 10.2. The second-order valence-corrected chi connectivity index (χ2v) is 6.57. The number of carbonyl (C=O) groups excluding carboxylic acids is 1. The number of nitrogens with one attached hydrogen (secondary N) is 2. The van der Waals surface area contributed by atoms with Crippen molar-refractivity contribution in [3.8, 4) is 0 Å². The predicted molar refractivity (Wildman–Crippen MR) is 86.7 cm³/mol. The molecule has 1 amide bonds. The average Bonchev–Trinajstić information content (AvgIpc) is 3.06. The largest absolute Gasteiger partial charge is 0.349 e. The van der Waals surface area contributed by atoms with Gasteiger partial charge in [-0.05, 0) is 49.3 Å². The van der Waals surface area contributed by atoms with Crippen molar-refractivity contribution >= 4 is 17.7 Å². The van der Waals surface area contributed by atoms with Crippen molar-refractivity contribution in [2.45, 2.75) is 43.8 Å². The van der Waals surface area contributed by atoms with Crippen LogP contribution in [0.15, 0.2) is 29.7 Å². The highest BCUT2D eigenvalue weighted by Crippen LogP contribution is 2.24. The molecule has 0 bridgehead atoms. The van der Waals surface area contributed by atoms with E-state index in [0.717, 1.165) is 6.42 Å². The minimum atomic E-state index is 0.00613. The number of thioether (sulfide) groups is 1. The van der Waals surface area contributed by atoms with E-state index >= 15 is 0 Å². The Morgan fingerprint density at radius 3 is 2.95 bits per heavy atom. The highest BCUT2D eigenvalue weighted by atomic mass is 32.2. The molecule has 1 aliphatic rings. The van der Waals surface area contributed by atoms with Crippen LogP contribution in [0.3, 0.4) is 0 Å². The third-order valence-corrected chi connectivity index (χ3v) is 4.86. The van der Waals surface area contributed by atoms with Crippen LogP contribution < -0.4 is 5.32 Å². The molecule has 0 unspecified atom stereocenters. The molecule has 0 fully saturated rings. The predicted octanol–water partition coefficient (Wildman–Crippen LogP) is 2.65. The van der Waals surface area contributed by atoms with Crippen molar-refractivity contribution in [2.24, 2.45) is 0 Å². The molecule has 1 aliphatic carbocycles. The first-order chi connectivity index (χ1) is 10.7. The van der Waals surface area contributed by atoms with E-state index < -0.39 is 0 Å². The summed E-state index contributed by atoms with van der Waals surface area (Å²) >= 11 is 1.35. The van der Waals surface area contributed by atoms with E-state index in [1.807, 2.05) is 6.92 Å². The maximum absolute atomic E-state index is 12.0. The lowest BCUT2D eigenvalue weighted by atomic mass is 9.89. The lowest BCUT2D eigenvalue weighted by molar-refractivity contribution is -0.119. The molecule has 22 heavy (non-hydrogen) atoms. The van der Waals surface area contributed by atoms with Gasteiger partial charge in [0.15, 0.2) is 5.16 Å². The molecular formula is C16H20N4OS. The van der Waals surface area contributed by atoms with Gasteiger partial charge in [-0.3, -0.25) is 9.89 Å². The summed E-state index contributed by atoms with van der Waals surface area (Å²) in [7, 11) is 0. The number of amides is 1. The molecule has 1 aromatic heterocycles. The minimum Gasteiger partial charge on any atom is -0.349 e. The number of aryl methyl sites for hydroxylation is 2. The molecule has 3 rings (SSSR count). The fourth-order valence-electron chi connectivity index (χ4n) is 2.79. The average molecular weight is 316 g/mol. The van der Waals surface area contributed by atoms with E-state index in [9.17, 15) is 4.79 Å². The van der Waals surface area contributed by atoms with Gasteiger partial charge in [-0.25, -0.2) is 4.98 Å². The maximum atomic E-state index is 12.0. The topological polar surface area (TPSA) is 70.7 Å². The normalized spacial score (nSPS) is 15.1. The van der Waals surface area contributed by atoms with Crippen molar-refractivity contribution in [1.82, 2.24) is 20.5 Å². The third-order valence-electron chi connectivity index (χ3n) is 3.98. The van der Waals surface area contributed by atoms with E-state index in [0.29, 0.717) is 10.9 Å². The van der Waals surface area contributed by atoms with Crippen LogP contribution in [-0.4, -0.2) is 26.8 Å². The van der Waals surface area contributed by atoms with Gasteiger partial charge in [0.1, 0.15) is 6.33 Å². The van der Waals surface area contributed by atoms with Crippen molar-refractivity contribution in [3.63, 3.8) is 0 Å². The van der Waals surface area contributed by atoms with Gasteiger partial charge in [-0.15, -0.1) is 0 Å². The first-order valence-electron chi connectivity index (χ1n) is 7.61. The van der Waals surface area contributed by atoms with Crippen LogP contribution in [0.25, 0.3) is 0 Å². The molecule has 2 N–H and O–H groups in total. The lowest BCUT2D eigenvalue weighted by Crippen LogP contribution is -2.28. The van der Waals surface area contributed by atoms with Crippen LogP contribution in [0.4, 0.5) is 0 Å². The van der Waals surface area contributed by atoms with Crippen LogP contribution in [0.1, 0.15) is 42.5 Å². The maximum Gasteiger partial charge on any atom is 0.230 e. The zero-order valence-electron chi connectivity index (χ0n) is 12.6. The highest BCUT2D eigenvalue weighted by molar-refractivity contribution is 7.99. The summed E-state index contributed by atoms with van der Waals surface area (Å²) in [6.45, 7) is 2.03. The molecular weight excluding hydrogens is 296 g/mol. The van der Waals surface area contributed by atoms with E-state index in [1.54, 1.807) is 0 Å². The van der Waals surface area contributed by atoms with Gasteiger partial charge in [0.25, 0.3) is 0 Å². The van der Waals surface area contributed by atoms with Crippen molar-refractivity contribution in [1.29, 1.82) is 0 Å². The molecule has 6 heteroatoms. The summed E-state index contributed by atoms with van der Waals surface area (Å²) in [5.41, 5.74) is 4.09. The smallest absolute Gasteiger partial charge is 0.230 e. The number of hydrogen-bond acceptors (Lipinski definition) is 4. The van der Waals surface area contributed by atoms with E-state index in [4.69, 9.17) is 0 Å². The summed E-state index contributed by atoms with van der Waals surface area (Å²) in [5.74, 6) is 0.344. The van der Waals surface area contributed by atoms with Gasteiger partial charge in [-0.1, -0.05) is 30.0 Å². The number of nitrogens with zero attached hydrogens (tertiary/aromatic N) is 2. The number of H-pyrrole nitrogens is 1. The van der Waals surface area contributed by atoms with Crippen LogP contribution in [0, 0.1) is 0 Å². The van der Waals surface area contributed by atoms with Crippen LogP contribution in [0.5, 0.6) is 0 Å². The van der Waals surface area contributed by atoms with Crippen LogP contribution in [0.2, 0.25) is 0 Å². The molecule has 116 valence electrons. The second-order valence-electron chi connectivity index (χ2n) is 5.60. The number of aromatic amines is 1. The standard InChI is InChI=1S/C16H20N4OS/c1-11(19-15(21)9-22-16-17-10-18-20-16)13-7-6-12-4-2-3-5-14(12)8-13/h6-8,10-11H,2-5,9H2,1H3,(H,19,21)(H,17,18,20)/t11-/m0/s1. The molecule has 1 atom stereocenters. The Morgan fingerprint density at radius 2 is 2.18 bits per heavy atom. The molecule has 2 aromatic rings. The minimum absolute atomic E-state index is 0.00613. The number of fused-ring (bicyclic) bond motifs is 1. The van der Waals surface area contributed by atoms with Gasteiger partial charge in [0.05, 0.1) is 11.8 Å². The molecule has 0 saturated heterocycles. The Hall–Kier alpha value is -1.82. The van der Waals surface area contributed by atoms with E-state index in [1.165, 1.54) is 54.0 Å². The molecule has 0 radical (unpaired) electrons. The van der Waals surface area contributed by atoms with Crippen LogP contribution in [-0.2, 0) is 17.6 Å². The summed E-state index contributed by atoms with van der Waals surface area (Å²) in [6.07, 6.45) is 6.34. The Bertz CT molecular complexity index is 642. The number of aromatic nitrogens is 3. The van der Waals surface area contributed by atoms with Gasteiger partial charge in [-0.2, -0.15) is 5.10 Å². The number of hydrogen-bond donors (Lipinski definition) is 2. The monoisotopic (exact) mass is 316 g/mol. The van der Waals surface area contributed by atoms with Gasteiger partial charge in [0.2, 0.25) is 5.91 Å². The van der Waals surface area contributed by atoms with E-state index in [-0.39, 0.29) is 11.9 Å². The summed E-state index contributed by atoms with van der Waals surface area (Å²) in [6, 6.07) is 6.63. The van der Waals surface area contributed by atoms with Crippen LogP contribution >= 0.6 is 11.8 Å². The second kappa shape index (κ2) is 6.96. The number of benzene rings is 1. The third kappa shape index (κ3) is 3.68. The van der Waals surface area contributed by atoms with E-state index in [2.05, 4.69) is 38.7 Å². The molecule has 1 heterocycles. The Kier molecular flexibility index (Phi) is 4.77.